The lowest BCUT2D eigenvalue weighted by molar-refractivity contribution is -0.208. The van der Waals surface area contributed by atoms with Gasteiger partial charge in [0.25, 0.3) is 0 Å². The minimum absolute atomic E-state index is 0.227. The van der Waals surface area contributed by atoms with Crippen molar-refractivity contribution in [3.63, 3.8) is 0 Å². The maximum atomic E-state index is 12.3. The number of aromatic amines is 1. The molecule has 0 fully saturated rings. The molecule has 7 heteroatoms. The van der Waals surface area contributed by atoms with Crippen LogP contribution in [-0.2, 0) is 0 Å². The summed E-state index contributed by atoms with van der Waals surface area (Å²) < 4.78 is 37.0. The zero-order chi connectivity index (χ0) is 13.5. The van der Waals surface area contributed by atoms with Gasteiger partial charge in [-0.25, -0.2) is 9.83 Å². The van der Waals surface area contributed by atoms with Crippen LogP contribution in [0.25, 0.3) is 15.9 Å². The second-order valence-electron chi connectivity index (χ2n) is 3.83. The van der Waals surface area contributed by atoms with Gasteiger partial charge >= 0.3 is 6.18 Å². The number of aliphatic hydroxyl groups excluding tert-OH is 1. The van der Waals surface area contributed by atoms with E-state index in [1.54, 1.807) is 6.92 Å². The molecule has 0 aliphatic carbocycles. The van der Waals surface area contributed by atoms with E-state index in [4.69, 9.17) is 11.7 Å². The summed E-state index contributed by atoms with van der Waals surface area (Å²) in [6.07, 6.45) is -7.42. The molecule has 0 bridgehead atoms. The molecule has 1 heterocycles. The number of halogens is 3. The van der Waals surface area contributed by atoms with Crippen molar-refractivity contribution in [3.8, 4) is 0 Å². The molecule has 4 nitrogen and oxygen atoms in total. The van der Waals surface area contributed by atoms with Crippen molar-refractivity contribution in [2.24, 2.45) is 0 Å². The van der Waals surface area contributed by atoms with Gasteiger partial charge in [-0.15, -0.1) is 0 Å². The lowest BCUT2D eigenvalue weighted by Gasteiger charge is -2.10. The lowest BCUT2D eigenvalue weighted by Crippen LogP contribution is -2.21. The minimum Gasteiger partial charge on any atom is -0.377 e. The van der Waals surface area contributed by atoms with E-state index < -0.39 is 18.1 Å². The number of aliphatic hydroxyl groups is 1. The third-order valence-corrected chi connectivity index (χ3v) is 2.51. The lowest BCUT2D eigenvalue weighted by atomic mass is 10.2. The van der Waals surface area contributed by atoms with E-state index in [9.17, 15) is 13.2 Å². The molecule has 18 heavy (non-hydrogen) atoms. The van der Waals surface area contributed by atoms with Crippen LogP contribution in [0.15, 0.2) is 12.1 Å². The molecule has 1 unspecified atom stereocenters. The van der Waals surface area contributed by atoms with E-state index >= 15 is 0 Å². The second kappa shape index (κ2) is 3.99. The highest BCUT2D eigenvalue weighted by Crippen LogP contribution is 2.33. The number of fused-ring (bicyclic) bond motifs is 1. The van der Waals surface area contributed by atoms with Gasteiger partial charge in [0.1, 0.15) is 5.82 Å². The Kier molecular flexibility index (Phi) is 2.75. The third kappa shape index (κ3) is 2.02. The first-order valence-corrected chi connectivity index (χ1v) is 4.95. The van der Waals surface area contributed by atoms with E-state index in [-0.39, 0.29) is 5.52 Å². The summed E-state index contributed by atoms with van der Waals surface area (Å²) in [6.45, 7) is 8.58. The molecular formula is C11H8F3N3O. The molecular weight excluding hydrogens is 247 g/mol. The van der Waals surface area contributed by atoms with Gasteiger partial charge in [-0.2, -0.15) is 13.2 Å². The smallest absolute Gasteiger partial charge is 0.377 e. The van der Waals surface area contributed by atoms with E-state index in [1.807, 2.05) is 0 Å². The molecule has 2 rings (SSSR count). The van der Waals surface area contributed by atoms with Crippen LogP contribution in [0, 0.1) is 13.5 Å². The first kappa shape index (κ1) is 12.4. The molecule has 1 aromatic carbocycles. The average molecular weight is 255 g/mol. The molecule has 0 saturated heterocycles. The predicted octanol–water partition coefficient (Wildman–Crippen LogP) is 3.02. The maximum Gasteiger partial charge on any atom is 0.421 e. The number of alkyl halides is 3. The molecule has 1 aromatic heterocycles. The summed E-state index contributed by atoms with van der Waals surface area (Å²) in [6, 6.07) is 2.92. The van der Waals surface area contributed by atoms with Crippen molar-refractivity contribution >= 4 is 16.7 Å². The van der Waals surface area contributed by atoms with Crippen molar-refractivity contribution in [1.29, 1.82) is 0 Å². The van der Waals surface area contributed by atoms with Crippen LogP contribution >= 0.6 is 0 Å². The van der Waals surface area contributed by atoms with Gasteiger partial charge in [-0.1, -0.05) is 0 Å². The highest BCUT2D eigenvalue weighted by molar-refractivity contribution is 5.81. The minimum atomic E-state index is -4.77. The number of nitrogens with zero attached hydrogens (tertiary/aromatic N) is 2. The number of nitrogens with one attached hydrogen (secondary N) is 1. The Bertz CT molecular complexity index is 639. The van der Waals surface area contributed by atoms with Gasteiger partial charge in [-0.3, -0.25) is 0 Å². The number of hydrogen-bond acceptors (Lipinski definition) is 2. The van der Waals surface area contributed by atoms with E-state index in [1.165, 1.54) is 12.1 Å². The van der Waals surface area contributed by atoms with E-state index in [0.717, 1.165) is 0 Å². The Morgan fingerprint density at radius 1 is 1.44 bits per heavy atom. The standard InChI is InChI=1S/C11H8F3N3O/c1-5-3-7-8(4-6(5)15-2)17-10(16-7)9(18)11(12,13)14/h3-4,9,18H,1H3,(H,16,17). The molecule has 0 saturated carbocycles. The third-order valence-electron chi connectivity index (χ3n) is 2.51. The molecule has 1 atom stereocenters. The second-order valence-corrected chi connectivity index (χ2v) is 3.83. The number of hydrogen-bond donors (Lipinski definition) is 2. The molecule has 0 amide bonds. The highest BCUT2D eigenvalue weighted by atomic mass is 19.4. The molecule has 0 aliphatic heterocycles. The Morgan fingerprint density at radius 2 is 2.11 bits per heavy atom. The average Bonchev–Trinajstić information content (AvgIpc) is 2.67. The Balaban J connectivity index is 2.55. The molecule has 0 spiro atoms. The van der Waals surface area contributed by atoms with Crippen molar-refractivity contribution in [1.82, 2.24) is 9.97 Å². The van der Waals surface area contributed by atoms with Crippen LogP contribution in [0.5, 0.6) is 0 Å². The number of H-pyrrole nitrogens is 1. The molecule has 2 N–H and O–H groups in total. The van der Waals surface area contributed by atoms with Gasteiger partial charge in [0.05, 0.1) is 17.6 Å². The van der Waals surface area contributed by atoms with Crippen LogP contribution in [0.3, 0.4) is 0 Å². The number of rotatable bonds is 1. The Labute approximate surface area is 99.9 Å². The first-order chi connectivity index (χ1) is 8.32. The van der Waals surface area contributed by atoms with Gasteiger partial charge in [0.15, 0.2) is 5.69 Å². The Hall–Kier alpha value is -2.07. The summed E-state index contributed by atoms with van der Waals surface area (Å²) >= 11 is 0. The van der Waals surface area contributed by atoms with E-state index in [0.29, 0.717) is 16.8 Å². The number of benzene rings is 1. The van der Waals surface area contributed by atoms with Gasteiger partial charge in [-0.05, 0) is 24.6 Å². The molecule has 0 aliphatic rings. The zero-order valence-electron chi connectivity index (χ0n) is 9.21. The largest absolute Gasteiger partial charge is 0.421 e. The van der Waals surface area contributed by atoms with Gasteiger partial charge < -0.3 is 10.1 Å². The highest BCUT2D eigenvalue weighted by Gasteiger charge is 2.41. The van der Waals surface area contributed by atoms with Crippen LogP contribution in [0.2, 0.25) is 0 Å². The fraction of sp³-hybridized carbons (Fsp3) is 0.273. The molecule has 0 radical (unpaired) electrons. The number of aromatic nitrogens is 2. The molecule has 94 valence electrons. The first-order valence-electron chi connectivity index (χ1n) is 4.95. The summed E-state index contributed by atoms with van der Waals surface area (Å²) in [4.78, 5) is 9.30. The van der Waals surface area contributed by atoms with Crippen LogP contribution in [0.1, 0.15) is 17.5 Å². The fourth-order valence-electron chi connectivity index (χ4n) is 1.58. The normalized spacial score (nSPS) is 13.6. The van der Waals surface area contributed by atoms with Crippen LogP contribution < -0.4 is 0 Å². The predicted molar refractivity (Wildman–Crippen MR) is 58.1 cm³/mol. The zero-order valence-corrected chi connectivity index (χ0v) is 9.21. The van der Waals surface area contributed by atoms with Crippen molar-refractivity contribution in [2.75, 3.05) is 0 Å². The van der Waals surface area contributed by atoms with Crippen molar-refractivity contribution in [3.05, 3.63) is 34.9 Å². The van der Waals surface area contributed by atoms with Crippen LogP contribution in [0.4, 0.5) is 18.9 Å². The van der Waals surface area contributed by atoms with Crippen LogP contribution in [-0.4, -0.2) is 21.3 Å². The molecule has 2 aromatic rings. The van der Waals surface area contributed by atoms with Crippen molar-refractivity contribution in [2.45, 2.75) is 19.2 Å². The summed E-state index contributed by atoms with van der Waals surface area (Å²) in [5.74, 6) is -0.570. The Morgan fingerprint density at radius 3 is 2.67 bits per heavy atom. The fourth-order valence-corrected chi connectivity index (χ4v) is 1.58. The quantitative estimate of drug-likeness (QED) is 0.769. The van der Waals surface area contributed by atoms with E-state index in [2.05, 4.69) is 14.8 Å². The SMILES string of the molecule is [C-]#[N+]c1cc2nc(C(O)C(F)(F)F)[nH]c2cc1C. The number of aryl methyl sites for hydroxylation is 1. The summed E-state index contributed by atoms with van der Waals surface area (Å²) in [5.41, 5.74) is 1.54. The summed E-state index contributed by atoms with van der Waals surface area (Å²) in [7, 11) is 0. The van der Waals surface area contributed by atoms with Gasteiger partial charge in [0.2, 0.25) is 6.10 Å². The topological polar surface area (TPSA) is 53.3 Å². The van der Waals surface area contributed by atoms with Gasteiger partial charge in [0, 0.05) is 0 Å². The summed E-state index contributed by atoms with van der Waals surface area (Å²) in [5, 5.41) is 9.07. The number of imidazole rings is 1. The monoisotopic (exact) mass is 255 g/mol. The maximum absolute atomic E-state index is 12.3. The van der Waals surface area contributed by atoms with Crippen molar-refractivity contribution < 1.29 is 18.3 Å².